The number of ether oxygens (including phenoxy) is 1. The number of hydrogen-bond donors (Lipinski definition) is 3. The van der Waals surface area contributed by atoms with Crippen LogP contribution in [0.4, 0.5) is 26.0 Å². The topological polar surface area (TPSA) is 117 Å². The van der Waals surface area contributed by atoms with Crippen molar-refractivity contribution in [2.75, 3.05) is 36.9 Å². The molecule has 0 radical (unpaired) electrons. The second-order valence-corrected chi connectivity index (χ2v) is 10.0. The average Bonchev–Trinajstić information content (AvgIpc) is 3.41. The molecule has 1 saturated heterocycles. The van der Waals surface area contributed by atoms with Gasteiger partial charge >= 0.3 is 0 Å². The normalized spacial score (nSPS) is 15.6. The number of halogens is 2. The van der Waals surface area contributed by atoms with E-state index >= 15 is 0 Å². The zero-order chi connectivity index (χ0) is 28.6. The van der Waals surface area contributed by atoms with Crippen LogP contribution in [0.15, 0.2) is 55.1 Å². The number of aliphatic hydroxyl groups is 1. The molecule has 12 heteroatoms. The number of carbonyl (C=O) groups is 1. The van der Waals surface area contributed by atoms with Crippen molar-refractivity contribution in [3.63, 3.8) is 0 Å². The fourth-order valence-corrected chi connectivity index (χ4v) is 5.10. The van der Waals surface area contributed by atoms with Gasteiger partial charge in [0.15, 0.2) is 11.6 Å². The number of likely N-dealkylation sites (tertiary alicyclic amines) is 1. The first-order valence-corrected chi connectivity index (χ1v) is 13.8. The first-order chi connectivity index (χ1) is 20.0. The van der Waals surface area contributed by atoms with Gasteiger partial charge in [-0.1, -0.05) is 12.5 Å². The third-order valence-electron chi connectivity index (χ3n) is 7.11. The molecule has 10 nitrogen and oxygen atoms in total. The Hall–Kier alpha value is -4.16. The maximum atomic E-state index is 13.8. The van der Waals surface area contributed by atoms with Gasteiger partial charge in [0.1, 0.15) is 24.4 Å². The highest BCUT2D eigenvalue weighted by molar-refractivity contribution is 5.92. The number of aromatic nitrogens is 4. The maximum absolute atomic E-state index is 13.8. The van der Waals surface area contributed by atoms with Gasteiger partial charge in [-0.25, -0.2) is 18.7 Å². The van der Waals surface area contributed by atoms with E-state index in [-0.39, 0.29) is 18.8 Å². The minimum absolute atomic E-state index is 0.192. The van der Waals surface area contributed by atoms with Crippen molar-refractivity contribution in [2.45, 2.75) is 44.7 Å². The average molecular weight is 566 g/mol. The molecule has 216 valence electrons. The van der Waals surface area contributed by atoms with Crippen molar-refractivity contribution in [3.05, 3.63) is 66.8 Å². The molecular weight excluding hydrogens is 532 g/mol. The van der Waals surface area contributed by atoms with E-state index in [0.29, 0.717) is 29.7 Å². The fourth-order valence-electron chi connectivity index (χ4n) is 5.10. The molecule has 0 bridgehead atoms. The Balaban J connectivity index is 1.15. The number of hydrogen-bond acceptors (Lipinski definition) is 8. The molecule has 0 saturated carbocycles. The number of piperidine rings is 1. The number of nitrogens with one attached hydrogen (secondary N) is 2. The molecule has 3 heterocycles. The number of nitrogens with zero attached hydrogens (tertiary/aromatic N) is 5. The quantitative estimate of drug-likeness (QED) is 0.215. The zero-order valence-corrected chi connectivity index (χ0v) is 22.6. The Kier molecular flexibility index (Phi) is 9.32. The summed E-state index contributed by atoms with van der Waals surface area (Å²) >= 11 is 0. The standard InChI is InChI=1S/C29H33F2N7O3/c30-24-6-3-7-25(28(24)31)36-27(40)18-38-17-20(16-34-38)35-29-23-9-8-22(15-26(23)32-19-33-29)41-14-4-12-37-11-2-1-5-21(37)10-13-39/h3,6-9,15-17,19,21,39H,1-2,4-5,10-14,18H2,(H,36,40)(H,32,33,35). The zero-order valence-electron chi connectivity index (χ0n) is 22.6. The molecule has 2 aromatic carbocycles. The fraction of sp³-hybridized carbons (Fsp3) is 0.379. The summed E-state index contributed by atoms with van der Waals surface area (Å²) in [5.41, 5.74) is 1.07. The lowest BCUT2D eigenvalue weighted by atomic mass is 9.99. The van der Waals surface area contributed by atoms with Gasteiger partial charge in [0, 0.05) is 36.8 Å². The van der Waals surface area contributed by atoms with Gasteiger partial charge in [-0.05, 0) is 56.5 Å². The van der Waals surface area contributed by atoms with Gasteiger partial charge in [0.05, 0.1) is 29.7 Å². The molecule has 0 aliphatic carbocycles. The van der Waals surface area contributed by atoms with E-state index in [0.717, 1.165) is 49.6 Å². The highest BCUT2D eigenvalue weighted by atomic mass is 19.2. The Morgan fingerprint density at radius 1 is 1.17 bits per heavy atom. The summed E-state index contributed by atoms with van der Waals surface area (Å²) in [6.07, 6.45) is 9.92. The Morgan fingerprint density at radius 3 is 2.95 bits per heavy atom. The van der Waals surface area contributed by atoms with E-state index in [4.69, 9.17) is 4.74 Å². The summed E-state index contributed by atoms with van der Waals surface area (Å²) in [5, 5.41) is 19.8. The van der Waals surface area contributed by atoms with E-state index in [2.05, 4.69) is 30.6 Å². The van der Waals surface area contributed by atoms with Gasteiger partial charge in [-0.3, -0.25) is 9.48 Å². The molecular formula is C29H33F2N7O3. The number of benzene rings is 2. The number of anilines is 3. The lowest BCUT2D eigenvalue weighted by Crippen LogP contribution is -2.40. The smallest absolute Gasteiger partial charge is 0.246 e. The van der Waals surface area contributed by atoms with Crippen LogP contribution in [0, 0.1) is 11.6 Å². The SMILES string of the molecule is O=C(Cn1cc(Nc2ncnc3cc(OCCCN4CCCCC4CCO)ccc23)cn1)Nc1cccc(F)c1F. The van der Waals surface area contributed by atoms with Crippen LogP contribution in [-0.4, -0.2) is 68.0 Å². The highest BCUT2D eigenvalue weighted by Crippen LogP contribution is 2.26. The Bertz CT molecular complexity index is 1480. The van der Waals surface area contributed by atoms with Crippen LogP contribution in [0.5, 0.6) is 5.75 Å². The summed E-state index contributed by atoms with van der Waals surface area (Å²) in [7, 11) is 0. The highest BCUT2D eigenvalue weighted by Gasteiger charge is 2.21. The van der Waals surface area contributed by atoms with Crippen molar-refractivity contribution in [1.29, 1.82) is 0 Å². The van der Waals surface area contributed by atoms with Crippen molar-refractivity contribution in [2.24, 2.45) is 0 Å². The number of amides is 1. The molecule has 0 spiro atoms. The van der Waals surface area contributed by atoms with Crippen LogP contribution in [-0.2, 0) is 11.3 Å². The lowest BCUT2D eigenvalue weighted by Gasteiger charge is -2.35. The van der Waals surface area contributed by atoms with Gasteiger partial charge in [-0.15, -0.1) is 0 Å². The second-order valence-electron chi connectivity index (χ2n) is 10.0. The Morgan fingerprint density at radius 2 is 2.07 bits per heavy atom. The maximum Gasteiger partial charge on any atom is 0.246 e. The van der Waals surface area contributed by atoms with Crippen LogP contribution in [0.1, 0.15) is 32.1 Å². The van der Waals surface area contributed by atoms with E-state index in [1.165, 1.54) is 42.2 Å². The summed E-state index contributed by atoms with van der Waals surface area (Å²) in [5.74, 6) is -1.42. The van der Waals surface area contributed by atoms with E-state index in [1.54, 1.807) is 6.20 Å². The van der Waals surface area contributed by atoms with Crippen molar-refractivity contribution in [3.8, 4) is 5.75 Å². The first kappa shape index (κ1) is 28.4. The second kappa shape index (κ2) is 13.5. The molecule has 5 rings (SSSR count). The largest absolute Gasteiger partial charge is 0.493 e. The number of carbonyl (C=O) groups excluding carboxylic acids is 1. The van der Waals surface area contributed by atoms with Crippen molar-refractivity contribution < 1.29 is 23.4 Å². The molecule has 3 N–H and O–H groups in total. The van der Waals surface area contributed by atoms with E-state index in [9.17, 15) is 18.7 Å². The Labute approximate surface area is 236 Å². The first-order valence-electron chi connectivity index (χ1n) is 13.8. The molecule has 1 unspecified atom stereocenters. The molecule has 1 aliphatic heterocycles. The number of aliphatic hydroxyl groups excluding tert-OH is 1. The summed E-state index contributed by atoms with van der Waals surface area (Å²) in [6, 6.07) is 9.69. The van der Waals surface area contributed by atoms with Gasteiger partial charge < -0.3 is 25.4 Å². The number of fused-ring (bicyclic) bond motifs is 1. The van der Waals surface area contributed by atoms with Gasteiger partial charge in [0.2, 0.25) is 5.91 Å². The predicted molar refractivity (Wildman–Crippen MR) is 151 cm³/mol. The summed E-state index contributed by atoms with van der Waals surface area (Å²) in [4.78, 5) is 23.5. The molecule has 1 fully saturated rings. The molecule has 1 aliphatic rings. The summed E-state index contributed by atoms with van der Waals surface area (Å²) in [6.45, 7) is 2.65. The van der Waals surface area contributed by atoms with Crippen LogP contribution in [0.2, 0.25) is 0 Å². The third kappa shape index (κ3) is 7.33. The minimum Gasteiger partial charge on any atom is -0.493 e. The molecule has 1 amide bonds. The van der Waals surface area contributed by atoms with E-state index < -0.39 is 17.5 Å². The number of rotatable bonds is 12. The third-order valence-corrected chi connectivity index (χ3v) is 7.11. The van der Waals surface area contributed by atoms with Crippen LogP contribution >= 0.6 is 0 Å². The van der Waals surface area contributed by atoms with Gasteiger partial charge in [0.25, 0.3) is 0 Å². The molecule has 4 aromatic rings. The lowest BCUT2D eigenvalue weighted by molar-refractivity contribution is -0.116. The minimum atomic E-state index is -1.11. The van der Waals surface area contributed by atoms with Crippen molar-refractivity contribution in [1.82, 2.24) is 24.6 Å². The van der Waals surface area contributed by atoms with Crippen LogP contribution in [0.3, 0.4) is 0 Å². The van der Waals surface area contributed by atoms with Crippen LogP contribution in [0.25, 0.3) is 10.9 Å². The summed E-state index contributed by atoms with van der Waals surface area (Å²) < 4.78 is 34.6. The van der Waals surface area contributed by atoms with Crippen molar-refractivity contribution >= 4 is 34.0 Å². The predicted octanol–water partition coefficient (Wildman–Crippen LogP) is 4.49. The molecule has 1 atom stereocenters. The van der Waals surface area contributed by atoms with Gasteiger partial charge in [-0.2, -0.15) is 5.10 Å². The molecule has 2 aromatic heterocycles. The van der Waals surface area contributed by atoms with Crippen LogP contribution < -0.4 is 15.4 Å². The van der Waals surface area contributed by atoms with E-state index in [1.807, 2.05) is 18.2 Å². The monoisotopic (exact) mass is 565 g/mol. The molecule has 41 heavy (non-hydrogen) atoms.